The molecular weight excluding hydrogens is 382 g/mol. The highest BCUT2D eigenvalue weighted by atomic mass is 32.2. The third kappa shape index (κ3) is 5.64. The number of sulfone groups is 1. The Kier molecular flexibility index (Phi) is 6.28. The van der Waals surface area contributed by atoms with E-state index in [9.17, 15) is 13.2 Å². The summed E-state index contributed by atoms with van der Waals surface area (Å²) in [6, 6.07) is 6.43. The number of aromatic nitrogens is 1. The zero-order valence-corrected chi connectivity index (χ0v) is 16.8. The number of hydrogen-bond donors (Lipinski definition) is 2. The van der Waals surface area contributed by atoms with Gasteiger partial charge < -0.3 is 10.6 Å². The van der Waals surface area contributed by atoms with Crippen LogP contribution in [0.4, 0.5) is 10.8 Å². The lowest BCUT2D eigenvalue weighted by atomic mass is 9.97. The van der Waals surface area contributed by atoms with Gasteiger partial charge >= 0.3 is 0 Å². The number of hydrogen-bond acceptors (Lipinski definition) is 6. The zero-order valence-electron chi connectivity index (χ0n) is 15.2. The number of benzene rings is 1. The number of allylic oxidation sites excluding steroid dienone is 1. The SMILES string of the molecule is CS(=O)(=O)c1ccc(Nc2nc(C(=O)NCCC3=CCCCC3)cs2)cc1. The van der Waals surface area contributed by atoms with Gasteiger partial charge in [-0.3, -0.25) is 4.79 Å². The average molecular weight is 406 g/mol. The first-order chi connectivity index (χ1) is 12.9. The van der Waals surface area contributed by atoms with E-state index in [1.165, 1.54) is 36.0 Å². The fraction of sp³-hybridized carbons (Fsp3) is 0.368. The molecule has 0 atom stereocenters. The summed E-state index contributed by atoms with van der Waals surface area (Å²) in [5.74, 6) is -0.178. The van der Waals surface area contributed by atoms with Crippen molar-refractivity contribution in [2.75, 3.05) is 18.1 Å². The first-order valence-corrected chi connectivity index (χ1v) is 11.7. The third-order valence-electron chi connectivity index (χ3n) is 4.39. The largest absolute Gasteiger partial charge is 0.350 e. The summed E-state index contributed by atoms with van der Waals surface area (Å²) >= 11 is 1.33. The number of nitrogens with zero attached hydrogens (tertiary/aromatic N) is 1. The van der Waals surface area contributed by atoms with Gasteiger partial charge in [0.15, 0.2) is 15.0 Å². The van der Waals surface area contributed by atoms with Crippen molar-refractivity contribution < 1.29 is 13.2 Å². The van der Waals surface area contributed by atoms with Crippen LogP contribution in [0.15, 0.2) is 46.2 Å². The molecule has 0 fully saturated rings. The molecule has 1 aliphatic carbocycles. The van der Waals surface area contributed by atoms with Gasteiger partial charge in [0.1, 0.15) is 5.69 Å². The van der Waals surface area contributed by atoms with E-state index < -0.39 is 9.84 Å². The molecule has 1 amide bonds. The summed E-state index contributed by atoms with van der Waals surface area (Å²) in [6.45, 7) is 0.623. The van der Waals surface area contributed by atoms with Crippen LogP contribution in [0.3, 0.4) is 0 Å². The van der Waals surface area contributed by atoms with Crippen molar-refractivity contribution in [1.29, 1.82) is 0 Å². The van der Waals surface area contributed by atoms with Crippen LogP contribution in [0.5, 0.6) is 0 Å². The minimum absolute atomic E-state index is 0.178. The second-order valence-corrected chi connectivity index (χ2v) is 9.45. The molecule has 27 heavy (non-hydrogen) atoms. The molecule has 0 saturated carbocycles. The summed E-state index contributed by atoms with van der Waals surface area (Å²) in [4.78, 5) is 16.8. The molecule has 1 aromatic carbocycles. The van der Waals surface area contributed by atoms with E-state index in [4.69, 9.17) is 0 Å². The van der Waals surface area contributed by atoms with Crippen LogP contribution in [-0.4, -0.2) is 32.1 Å². The lowest BCUT2D eigenvalue weighted by Crippen LogP contribution is -2.25. The number of carbonyl (C=O) groups is 1. The molecule has 0 unspecified atom stereocenters. The van der Waals surface area contributed by atoms with Crippen LogP contribution < -0.4 is 10.6 Å². The van der Waals surface area contributed by atoms with E-state index in [1.807, 2.05) is 0 Å². The Morgan fingerprint density at radius 1 is 1.22 bits per heavy atom. The van der Waals surface area contributed by atoms with Gasteiger partial charge in [0.2, 0.25) is 0 Å². The highest BCUT2D eigenvalue weighted by Gasteiger charge is 2.12. The normalized spacial score (nSPS) is 14.5. The maximum Gasteiger partial charge on any atom is 0.270 e. The highest BCUT2D eigenvalue weighted by Crippen LogP contribution is 2.23. The van der Waals surface area contributed by atoms with Gasteiger partial charge in [-0.25, -0.2) is 13.4 Å². The van der Waals surface area contributed by atoms with Crippen molar-refractivity contribution in [3.63, 3.8) is 0 Å². The Morgan fingerprint density at radius 3 is 2.67 bits per heavy atom. The molecule has 1 heterocycles. The maximum atomic E-state index is 12.2. The predicted octanol–water partition coefficient (Wildman–Crippen LogP) is 3.91. The van der Waals surface area contributed by atoms with Gasteiger partial charge in [0, 0.05) is 23.9 Å². The third-order valence-corrected chi connectivity index (χ3v) is 6.27. The molecule has 2 aromatic rings. The Hall–Kier alpha value is -2.19. The molecule has 3 rings (SSSR count). The van der Waals surface area contributed by atoms with E-state index in [0.717, 1.165) is 19.3 Å². The van der Waals surface area contributed by atoms with Crippen molar-refractivity contribution in [2.24, 2.45) is 0 Å². The van der Waals surface area contributed by atoms with Gasteiger partial charge in [-0.15, -0.1) is 11.3 Å². The van der Waals surface area contributed by atoms with Crippen molar-refractivity contribution in [3.8, 4) is 0 Å². The molecule has 8 heteroatoms. The Labute approximate surface area is 163 Å². The number of amides is 1. The molecule has 144 valence electrons. The minimum atomic E-state index is -3.21. The fourth-order valence-electron chi connectivity index (χ4n) is 2.90. The lowest BCUT2D eigenvalue weighted by Gasteiger charge is -2.12. The van der Waals surface area contributed by atoms with Crippen LogP contribution in [0.2, 0.25) is 0 Å². The molecule has 0 spiro atoms. The number of rotatable bonds is 7. The standard InChI is InChI=1S/C19H23N3O3S2/c1-27(24,25)16-9-7-15(8-10-16)21-19-22-17(13-26-19)18(23)20-12-11-14-5-3-2-4-6-14/h5,7-10,13H,2-4,6,11-12H2,1H3,(H,20,23)(H,21,22). The van der Waals surface area contributed by atoms with E-state index in [0.29, 0.717) is 23.1 Å². The van der Waals surface area contributed by atoms with Crippen LogP contribution in [0.1, 0.15) is 42.6 Å². The Balaban J connectivity index is 1.53. The first-order valence-electron chi connectivity index (χ1n) is 8.90. The number of carbonyl (C=O) groups excluding carboxylic acids is 1. The summed E-state index contributed by atoms with van der Waals surface area (Å²) < 4.78 is 23.0. The van der Waals surface area contributed by atoms with Gasteiger partial charge in [0.25, 0.3) is 5.91 Å². The van der Waals surface area contributed by atoms with E-state index in [2.05, 4.69) is 21.7 Å². The topological polar surface area (TPSA) is 88.2 Å². The smallest absolute Gasteiger partial charge is 0.270 e. The lowest BCUT2D eigenvalue weighted by molar-refractivity contribution is 0.0950. The maximum absolute atomic E-state index is 12.2. The van der Waals surface area contributed by atoms with Gasteiger partial charge in [-0.05, 0) is 56.4 Å². The van der Waals surface area contributed by atoms with Crippen LogP contribution in [0.25, 0.3) is 0 Å². The quantitative estimate of drug-likeness (QED) is 0.682. The molecule has 2 N–H and O–H groups in total. The Morgan fingerprint density at radius 2 is 2.00 bits per heavy atom. The second-order valence-electron chi connectivity index (χ2n) is 6.57. The molecule has 1 aromatic heterocycles. The summed E-state index contributed by atoms with van der Waals surface area (Å²) in [6.07, 6.45) is 9.15. The van der Waals surface area contributed by atoms with Crippen molar-refractivity contribution >= 4 is 37.9 Å². The van der Waals surface area contributed by atoms with Gasteiger partial charge in [-0.1, -0.05) is 11.6 Å². The number of anilines is 2. The molecule has 0 saturated heterocycles. The highest BCUT2D eigenvalue weighted by molar-refractivity contribution is 7.90. The molecule has 0 radical (unpaired) electrons. The number of thiazole rings is 1. The molecule has 1 aliphatic rings. The monoisotopic (exact) mass is 405 g/mol. The summed E-state index contributed by atoms with van der Waals surface area (Å²) in [7, 11) is -3.21. The van der Waals surface area contributed by atoms with Crippen molar-refractivity contribution in [3.05, 3.63) is 47.0 Å². The zero-order chi connectivity index (χ0) is 19.3. The average Bonchev–Trinajstić information content (AvgIpc) is 3.11. The van der Waals surface area contributed by atoms with Gasteiger partial charge in [0.05, 0.1) is 4.90 Å². The van der Waals surface area contributed by atoms with E-state index >= 15 is 0 Å². The van der Waals surface area contributed by atoms with Crippen LogP contribution in [0, 0.1) is 0 Å². The van der Waals surface area contributed by atoms with Crippen LogP contribution in [-0.2, 0) is 9.84 Å². The van der Waals surface area contributed by atoms with E-state index in [-0.39, 0.29) is 10.8 Å². The molecular formula is C19H23N3O3S2. The minimum Gasteiger partial charge on any atom is -0.350 e. The fourth-order valence-corrected chi connectivity index (χ4v) is 4.24. The predicted molar refractivity (Wildman–Crippen MR) is 108 cm³/mol. The molecule has 0 aliphatic heterocycles. The van der Waals surface area contributed by atoms with Crippen molar-refractivity contribution in [1.82, 2.24) is 10.3 Å². The second kappa shape index (κ2) is 8.67. The van der Waals surface area contributed by atoms with Crippen LogP contribution >= 0.6 is 11.3 Å². The number of nitrogens with one attached hydrogen (secondary N) is 2. The first kappa shape index (κ1) is 19.6. The Bertz CT molecular complexity index is 931. The molecule has 6 nitrogen and oxygen atoms in total. The van der Waals surface area contributed by atoms with E-state index in [1.54, 1.807) is 29.6 Å². The molecule has 0 bridgehead atoms. The summed E-state index contributed by atoms with van der Waals surface area (Å²) in [5.41, 5.74) is 2.53. The summed E-state index contributed by atoms with van der Waals surface area (Å²) in [5, 5.41) is 8.30. The van der Waals surface area contributed by atoms with Gasteiger partial charge in [-0.2, -0.15) is 0 Å². The van der Waals surface area contributed by atoms with Crippen molar-refractivity contribution in [2.45, 2.75) is 37.0 Å².